The molecule has 20 heavy (non-hydrogen) atoms. The van der Waals surface area contributed by atoms with E-state index in [-0.39, 0.29) is 30.0 Å². The fourth-order valence-electron chi connectivity index (χ4n) is 1.96. The van der Waals surface area contributed by atoms with Gasteiger partial charge in [-0.05, 0) is 0 Å². The van der Waals surface area contributed by atoms with Crippen molar-refractivity contribution in [2.24, 2.45) is 0 Å². The number of hydrogen-bond donors (Lipinski definition) is 0. The van der Waals surface area contributed by atoms with E-state index in [4.69, 9.17) is 4.74 Å². The summed E-state index contributed by atoms with van der Waals surface area (Å²) in [6, 6.07) is 0.945. The van der Waals surface area contributed by atoms with Crippen LogP contribution in [0.25, 0.3) is 0 Å². The van der Waals surface area contributed by atoms with Gasteiger partial charge in [-0.1, -0.05) is 0 Å². The molecular weight excluding hydrogens is 270 g/mol. The third-order valence-electron chi connectivity index (χ3n) is 2.85. The highest BCUT2D eigenvalue weighted by molar-refractivity contribution is 6.09. The predicted octanol–water partition coefficient (Wildman–Crippen LogP) is -0.408. The van der Waals surface area contributed by atoms with Crippen LogP contribution in [-0.4, -0.2) is 43.3 Å². The number of ether oxygens (including phenoxy) is 3. The molecule has 106 valence electrons. The first-order valence-corrected chi connectivity index (χ1v) is 5.62. The largest absolute Gasteiger partial charge is 0.465 e. The lowest BCUT2D eigenvalue weighted by Gasteiger charge is -2.21. The second-order valence-corrected chi connectivity index (χ2v) is 3.89. The molecule has 0 aromatic carbocycles. The lowest BCUT2D eigenvalue weighted by Crippen LogP contribution is -2.37. The molecule has 1 aliphatic rings. The van der Waals surface area contributed by atoms with E-state index in [1.165, 1.54) is 0 Å². The summed E-state index contributed by atoms with van der Waals surface area (Å²) < 4.78 is 14.9. The Morgan fingerprint density at radius 3 is 2.45 bits per heavy atom. The van der Waals surface area contributed by atoms with Crippen LogP contribution >= 0.6 is 0 Å². The molecule has 1 aromatic heterocycles. The van der Waals surface area contributed by atoms with Gasteiger partial charge in [0.25, 0.3) is 5.56 Å². The van der Waals surface area contributed by atoms with E-state index in [0.717, 1.165) is 24.9 Å². The summed E-state index contributed by atoms with van der Waals surface area (Å²) in [4.78, 5) is 47.2. The van der Waals surface area contributed by atoms with Crippen molar-refractivity contribution in [3.05, 3.63) is 33.2 Å². The van der Waals surface area contributed by atoms with Gasteiger partial charge in [-0.25, -0.2) is 14.4 Å². The number of carbonyl (C=O) groups is 3. The molecular formula is C12H11NO7. The van der Waals surface area contributed by atoms with E-state index in [0.29, 0.717) is 0 Å². The Morgan fingerprint density at radius 2 is 1.85 bits per heavy atom. The maximum absolute atomic E-state index is 11.9. The highest BCUT2D eigenvalue weighted by atomic mass is 16.5. The van der Waals surface area contributed by atoms with Gasteiger partial charge >= 0.3 is 17.9 Å². The summed E-state index contributed by atoms with van der Waals surface area (Å²) in [5, 5.41) is 0. The first kappa shape index (κ1) is 13.8. The Bertz CT molecular complexity index is 659. The minimum atomic E-state index is -0.923. The number of nitrogens with zero attached hydrogens (tertiary/aromatic N) is 1. The zero-order valence-electron chi connectivity index (χ0n) is 10.8. The van der Waals surface area contributed by atoms with Crippen LogP contribution in [-0.2, 0) is 20.8 Å². The van der Waals surface area contributed by atoms with E-state index in [1.807, 2.05) is 0 Å². The Labute approximate surface area is 112 Å². The zero-order valence-corrected chi connectivity index (χ0v) is 10.8. The molecule has 0 N–H and O–H groups in total. The summed E-state index contributed by atoms with van der Waals surface area (Å²) in [5.74, 6) is -2.70. The maximum atomic E-state index is 11.9. The molecule has 1 aromatic rings. The van der Waals surface area contributed by atoms with Crippen LogP contribution in [0.15, 0.2) is 10.9 Å². The van der Waals surface area contributed by atoms with Gasteiger partial charge < -0.3 is 14.2 Å². The van der Waals surface area contributed by atoms with Gasteiger partial charge in [-0.2, -0.15) is 0 Å². The number of fused-ring (bicyclic) bond motifs is 1. The van der Waals surface area contributed by atoms with Gasteiger partial charge in [0.1, 0.15) is 17.9 Å². The number of pyridine rings is 1. The number of aromatic nitrogens is 1. The SMILES string of the molecule is COC(=O)c1cc(=O)n2c(c1C(=O)OC)C(=O)OCC2. The third-order valence-corrected chi connectivity index (χ3v) is 2.85. The number of carbonyl (C=O) groups excluding carboxylic acids is 3. The fraction of sp³-hybridized carbons (Fsp3) is 0.333. The highest BCUT2D eigenvalue weighted by Gasteiger charge is 2.32. The Morgan fingerprint density at radius 1 is 1.20 bits per heavy atom. The molecule has 0 amide bonds. The lowest BCUT2D eigenvalue weighted by atomic mass is 10.0. The number of rotatable bonds is 2. The molecule has 0 atom stereocenters. The molecule has 8 heteroatoms. The molecule has 2 heterocycles. The number of hydrogen-bond acceptors (Lipinski definition) is 7. The first-order chi connectivity index (χ1) is 9.51. The van der Waals surface area contributed by atoms with E-state index < -0.39 is 23.5 Å². The second kappa shape index (κ2) is 5.16. The summed E-state index contributed by atoms with van der Waals surface area (Å²) in [6.07, 6.45) is 0. The van der Waals surface area contributed by atoms with Gasteiger partial charge in [0, 0.05) is 6.07 Å². The fourth-order valence-corrected chi connectivity index (χ4v) is 1.96. The van der Waals surface area contributed by atoms with Crippen molar-refractivity contribution in [3.63, 3.8) is 0 Å². The molecule has 0 bridgehead atoms. The van der Waals surface area contributed by atoms with Gasteiger partial charge in [0.15, 0.2) is 0 Å². The molecule has 0 radical (unpaired) electrons. The van der Waals surface area contributed by atoms with Crippen LogP contribution in [0, 0.1) is 0 Å². The Kier molecular flexibility index (Phi) is 3.55. The van der Waals surface area contributed by atoms with Crippen molar-refractivity contribution < 1.29 is 28.6 Å². The number of cyclic esters (lactones) is 1. The molecule has 0 saturated heterocycles. The smallest absolute Gasteiger partial charge is 0.356 e. The van der Waals surface area contributed by atoms with E-state index >= 15 is 0 Å². The summed E-state index contributed by atoms with van der Waals surface area (Å²) >= 11 is 0. The van der Waals surface area contributed by atoms with Crippen LogP contribution in [0.5, 0.6) is 0 Å². The van der Waals surface area contributed by atoms with E-state index in [2.05, 4.69) is 9.47 Å². The van der Waals surface area contributed by atoms with Crippen molar-refractivity contribution in [2.75, 3.05) is 20.8 Å². The number of esters is 3. The normalized spacial score (nSPS) is 13.2. The highest BCUT2D eigenvalue weighted by Crippen LogP contribution is 2.19. The van der Waals surface area contributed by atoms with Crippen molar-refractivity contribution in [1.82, 2.24) is 4.57 Å². The van der Waals surface area contributed by atoms with Crippen molar-refractivity contribution in [1.29, 1.82) is 0 Å². The van der Waals surface area contributed by atoms with Crippen LogP contribution in [0.2, 0.25) is 0 Å². The molecule has 2 rings (SSSR count). The molecule has 1 aliphatic heterocycles. The van der Waals surface area contributed by atoms with Crippen molar-refractivity contribution >= 4 is 17.9 Å². The third kappa shape index (κ3) is 2.04. The zero-order chi connectivity index (χ0) is 14.9. The number of methoxy groups -OCH3 is 2. The van der Waals surface area contributed by atoms with E-state index in [9.17, 15) is 19.2 Å². The molecule has 8 nitrogen and oxygen atoms in total. The van der Waals surface area contributed by atoms with Crippen molar-refractivity contribution in [2.45, 2.75) is 6.54 Å². The minimum absolute atomic E-state index is 0.0178. The van der Waals surface area contributed by atoms with Crippen LogP contribution in [0.4, 0.5) is 0 Å². The van der Waals surface area contributed by atoms with Crippen LogP contribution in [0.3, 0.4) is 0 Å². The molecule has 0 spiro atoms. The van der Waals surface area contributed by atoms with Gasteiger partial charge in [0.2, 0.25) is 0 Å². The van der Waals surface area contributed by atoms with Crippen LogP contribution in [0.1, 0.15) is 31.2 Å². The topological polar surface area (TPSA) is 101 Å². The average Bonchev–Trinajstić information content (AvgIpc) is 2.46. The summed E-state index contributed by atoms with van der Waals surface area (Å²) in [6.45, 7) is 0.120. The predicted molar refractivity (Wildman–Crippen MR) is 63.7 cm³/mol. The Hall–Kier alpha value is -2.64. The maximum Gasteiger partial charge on any atom is 0.356 e. The van der Waals surface area contributed by atoms with Gasteiger partial charge in [-0.3, -0.25) is 9.36 Å². The second-order valence-electron chi connectivity index (χ2n) is 3.89. The van der Waals surface area contributed by atoms with E-state index in [1.54, 1.807) is 0 Å². The summed E-state index contributed by atoms with van der Waals surface area (Å²) in [7, 11) is 2.19. The Balaban J connectivity index is 2.84. The molecule has 0 unspecified atom stereocenters. The first-order valence-electron chi connectivity index (χ1n) is 5.62. The lowest BCUT2D eigenvalue weighted by molar-refractivity contribution is 0.0397. The molecule has 0 fully saturated rings. The minimum Gasteiger partial charge on any atom is -0.465 e. The molecule has 0 saturated carbocycles. The summed E-state index contributed by atoms with van der Waals surface area (Å²) in [5.41, 5.74) is -1.54. The van der Waals surface area contributed by atoms with Gasteiger partial charge in [-0.15, -0.1) is 0 Å². The molecule has 0 aliphatic carbocycles. The average molecular weight is 281 g/mol. The van der Waals surface area contributed by atoms with Crippen LogP contribution < -0.4 is 5.56 Å². The monoisotopic (exact) mass is 281 g/mol. The standard InChI is InChI=1S/C12H11NO7/c1-18-10(15)6-5-7(14)13-3-4-20-12(17)9(13)8(6)11(16)19-2/h5H,3-4H2,1-2H3. The van der Waals surface area contributed by atoms with Gasteiger partial charge in [0.05, 0.1) is 26.3 Å². The quantitative estimate of drug-likeness (QED) is 0.536. The van der Waals surface area contributed by atoms with Crippen molar-refractivity contribution in [3.8, 4) is 0 Å².